The first kappa shape index (κ1) is 17.7. The minimum atomic E-state index is -0.293. The largest absolute Gasteiger partial charge is 0.489 e. The molecular formula is C18H23ClN2O2. The Morgan fingerprint density at radius 3 is 2.87 bits per heavy atom. The van der Waals surface area contributed by atoms with E-state index in [9.17, 15) is 5.11 Å². The summed E-state index contributed by atoms with van der Waals surface area (Å²) in [6.45, 7) is 3.80. The van der Waals surface area contributed by atoms with Gasteiger partial charge in [-0.3, -0.25) is 4.98 Å². The predicted octanol–water partition coefficient (Wildman–Crippen LogP) is 3.52. The van der Waals surface area contributed by atoms with Gasteiger partial charge < -0.3 is 14.7 Å². The van der Waals surface area contributed by atoms with Crippen LogP contribution in [-0.2, 0) is 13.2 Å². The number of aliphatic hydroxyl groups excluding tert-OH is 1. The topological polar surface area (TPSA) is 45.6 Å². The summed E-state index contributed by atoms with van der Waals surface area (Å²) in [5.74, 6) is 0.821. The zero-order valence-electron chi connectivity index (χ0n) is 13.6. The molecule has 0 amide bonds. The molecule has 5 heteroatoms. The number of aromatic nitrogens is 1. The molecule has 0 spiro atoms. The minimum absolute atomic E-state index is 0.293. The Morgan fingerprint density at radius 2 is 2.17 bits per heavy atom. The van der Waals surface area contributed by atoms with Gasteiger partial charge in [0.2, 0.25) is 0 Å². The third-order valence-corrected chi connectivity index (χ3v) is 3.74. The van der Waals surface area contributed by atoms with E-state index in [1.165, 1.54) is 0 Å². The normalized spacial score (nSPS) is 12.4. The van der Waals surface area contributed by atoms with Crippen LogP contribution in [0.15, 0.2) is 42.7 Å². The molecule has 124 valence electrons. The maximum atomic E-state index is 9.40. The molecule has 0 saturated heterocycles. The molecule has 0 saturated carbocycles. The number of ether oxygens (including phenoxy) is 1. The van der Waals surface area contributed by atoms with Crippen molar-refractivity contribution in [2.75, 3.05) is 13.6 Å². The second-order valence-corrected chi connectivity index (χ2v) is 6.21. The maximum absolute atomic E-state index is 9.40. The quantitative estimate of drug-likeness (QED) is 0.802. The molecular weight excluding hydrogens is 312 g/mol. The molecule has 0 aliphatic carbocycles. The number of aliphatic hydroxyl groups is 1. The number of benzene rings is 1. The SMILES string of the molecule is CC(O)CCN(C)Cc1cc(Cl)ccc1OCc1cccnc1. The highest BCUT2D eigenvalue weighted by atomic mass is 35.5. The molecule has 0 aliphatic rings. The van der Waals surface area contributed by atoms with Crippen molar-refractivity contribution in [2.24, 2.45) is 0 Å². The van der Waals surface area contributed by atoms with Gasteiger partial charge in [-0.05, 0) is 44.7 Å². The fourth-order valence-electron chi connectivity index (χ4n) is 2.23. The van der Waals surface area contributed by atoms with Crippen molar-refractivity contribution in [3.63, 3.8) is 0 Å². The van der Waals surface area contributed by atoms with Crippen molar-refractivity contribution in [1.29, 1.82) is 0 Å². The van der Waals surface area contributed by atoms with E-state index in [0.29, 0.717) is 11.6 Å². The van der Waals surface area contributed by atoms with E-state index in [1.807, 2.05) is 37.4 Å². The highest BCUT2D eigenvalue weighted by Crippen LogP contribution is 2.25. The van der Waals surface area contributed by atoms with Crippen LogP contribution in [0.4, 0.5) is 0 Å². The molecule has 0 bridgehead atoms. The number of rotatable bonds is 8. The summed E-state index contributed by atoms with van der Waals surface area (Å²) in [5, 5.41) is 10.1. The van der Waals surface area contributed by atoms with E-state index < -0.39 is 0 Å². The van der Waals surface area contributed by atoms with E-state index in [2.05, 4.69) is 9.88 Å². The Hall–Kier alpha value is -1.62. The van der Waals surface area contributed by atoms with E-state index in [4.69, 9.17) is 16.3 Å². The van der Waals surface area contributed by atoms with E-state index in [1.54, 1.807) is 19.3 Å². The lowest BCUT2D eigenvalue weighted by Crippen LogP contribution is -2.22. The smallest absolute Gasteiger partial charge is 0.124 e. The summed E-state index contributed by atoms with van der Waals surface area (Å²) in [5.41, 5.74) is 2.06. The summed E-state index contributed by atoms with van der Waals surface area (Å²) in [6.07, 6.45) is 3.99. The van der Waals surface area contributed by atoms with Gasteiger partial charge in [0, 0.05) is 41.6 Å². The Balaban J connectivity index is 2.01. The number of nitrogens with zero attached hydrogens (tertiary/aromatic N) is 2. The van der Waals surface area contributed by atoms with Crippen LogP contribution < -0.4 is 4.74 Å². The van der Waals surface area contributed by atoms with Crippen molar-refractivity contribution in [3.05, 3.63) is 58.9 Å². The molecule has 2 aromatic rings. The lowest BCUT2D eigenvalue weighted by atomic mass is 10.1. The molecule has 0 fully saturated rings. The lowest BCUT2D eigenvalue weighted by Gasteiger charge is -2.20. The molecule has 1 aromatic heterocycles. The monoisotopic (exact) mass is 334 g/mol. The van der Waals surface area contributed by atoms with Gasteiger partial charge >= 0.3 is 0 Å². The second-order valence-electron chi connectivity index (χ2n) is 5.78. The van der Waals surface area contributed by atoms with Crippen LogP contribution in [0.3, 0.4) is 0 Å². The van der Waals surface area contributed by atoms with Gasteiger partial charge in [0.25, 0.3) is 0 Å². The van der Waals surface area contributed by atoms with E-state index >= 15 is 0 Å². The van der Waals surface area contributed by atoms with Gasteiger partial charge in [-0.1, -0.05) is 17.7 Å². The average Bonchev–Trinajstić information content (AvgIpc) is 2.53. The van der Waals surface area contributed by atoms with Crippen LogP contribution in [0.5, 0.6) is 5.75 Å². The molecule has 23 heavy (non-hydrogen) atoms. The Morgan fingerprint density at radius 1 is 1.35 bits per heavy atom. The zero-order valence-corrected chi connectivity index (χ0v) is 14.3. The molecule has 1 unspecified atom stereocenters. The summed E-state index contributed by atoms with van der Waals surface area (Å²) >= 11 is 6.12. The van der Waals surface area contributed by atoms with Crippen LogP contribution in [-0.4, -0.2) is 34.7 Å². The molecule has 1 aromatic carbocycles. The maximum Gasteiger partial charge on any atom is 0.124 e. The van der Waals surface area contributed by atoms with Crippen molar-refractivity contribution in [2.45, 2.75) is 32.6 Å². The van der Waals surface area contributed by atoms with Crippen LogP contribution >= 0.6 is 11.6 Å². The molecule has 1 heterocycles. The summed E-state index contributed by atoms with van der Waals surface area (Å²) in [6, 6.07) is 9.54. The van der Waals surface area contributed by atoms with Crippen LogP contribution in [0, 0.1) is 0 Å². The van der Waals surface area contributed by atoms with Crippen LogP contribution in [0.2, 0.25) is 5.02 Å². The molecule has 0 aliphatic heterocycles. The molecule has 1 atom stereocenters. The first-order valence-electron chi connectivity index (χ1n) is 7.71. The summed E-state index contributed by atoms with van der Waals surface area (Å²) < 4.78 is 5.93. The van der Waals surface area contributed by atoms with Crippen LogP contribution in [0.25, 0.3) is 0 Å². The fourth-order valence-corrected chi connectivity index (χ4v) is 2.43. The second kappa shape index (κ2) is 8.87. The minimum Gasteiger partial charge on any atom is -0.489 e. The average molecular weight is 335 g/mol. The van der Waals surface area contributed by atoms with Gasteiger partial charge in [-0.2, -0.15) is 0 Å². The number of hydrogen-bond acceptors (Lipinski definition) is 4. The zero-order chi connectivity index (χ0) is 16.7. The standard InChI is InChI=1S/C18H23ClN2O2/c1-14(22)7-9-21(2)12-16-10-17(19)5-6-18(16)23-13-15-4-3-8-20-11-15/h3-6,8,10-11,14,22H,7,9,12-13H2,1-2H3. The van der Waals surface area contributed by atoms with E-state index in [0.717, 1.165) is 36.4 Å². The van der Waals surface area contributed by atoms with Gasteiger partial charge in [-0.25, -0.2) is 0 Å². The van der Waals surface area contributed by atoms with Crippen molar-refractivity contribution < 1.29 is 9.84 Å². The Bertz CT molecular complexity index is 605. The predicted molar refractivity (Wildman–Crippen MR) is 92.7 cm³/mol. The van der Waals surface area contributed by atoms with Gasteiger partial charge in [-0.15, -0.1) is 0 Å². The number of hydrogen-bond donors (Lipinski definition) is 1. The highest BCUT2D eigenvalue weighted by Gasteiger charge is 2.09. The van der Waals surface area contributed by atoms with Gasteiger partial charge in [0.15, 0.2) is 0 Å². The van der Waals surface area contributed by atoms with Crippen LogP contribution in [0.1, 0.15) is 24.5 Å². The Kier molecular flexibility index (Phi) is 6.84. The first-order chi connectivity index (χ1) is 11.0. The summed E-state index contributed by atoms with van der Waals surface area (Å²) in [7, 11) is 2.02. The van der Waals surface area contributed by atoms with E-state index in [-0.39, 0.29) is 6.10 Å². The Labute approximate surface area is 142 Å². The van der Waals surface area contributed by atoms with Crippen molar-refractivity contribution >= 4 is 11.6 Å². The molecule has 4 nitrogen and oxygen atoms in total. The van der Waals surface area contributed by atoms with Crippen molar-refractivity contribution in [3.8, 4) is 5.75 Å². The molecule has 2 rings (SSSR count). The number of pyridine rings is 1. The van der Waals surface area contributed by atoms with Crippen molar-refractivity contribution in [1.82, 2.24) is 9.88 Å². The summed E-state index contributed by atoms with van der Waals surface area (Å²) in [4.78, 5) is 6.24. The molecule has 0 radical (unpaired) electrons. The lowest BCUT2D eigenvalue weighted by molar-refractivity contribution is 0.162. The number of halogens is 1. The molecule has 1 N–H and O–H groups in total. The van der Waals surface area contributed by atoms with Gasteiger partial charge in [0.1, 0.15) is 12.4 Å². The highest BCUT2D eigenvalue weighted by molar-refractivity contribution is 6.30. The van der Waals surface area contributed by atoms with Gasteiger partial charge in [0.05, 0.1) is 6.10 Å². The fraction of sp³-hybridized carbons (Fsp3) is 0.389. The first-order valence-corrected chi connectivity index (χ1v) is 8.09. The third kappa shape index (κ3) is 6.18. The third-order valence-electron chi connectivity index (χ3n) is 3.51.